The van der Waals surface area contributed by atoms with Crippen LogP contribution in [0.4, 0.5) is 0 Å². The maximum atomic E-state index is 5.82. The highest BCUT2D eigenvalue weighted by Crippen LogP contribution is 2.28. The summed E-state index contributed by atoms with van der Waals surface area (Å²) in [5.41, 5.74) is 8.08. The van der Waals surface area contributed by atoms with Gasteiger partial charge in [0.2, 0.25) is 0 Å². The molecule has 0 amide bonds. The van der Waals surface area contributed by atoms with Crippen LogP contribution < -0.4 is 5.73 Å². The predicted molar refractivity (Wildman–Crippen MR) is 73.9 cm³/mol. The first-order valence-electron chi connectivity index (χ1n) is 5.67. The summed E-state index contributed by atoms with van der Waals surface area (Å²) < 4.78 is 6.87. The summed E-state index contributed by atoms with van der Waals surface area (Å²) in [7, 11) is 0. The van der Waals surface area contributed by atoms with Gasteiger partial charge in [-0.2, -0.15) is 0 Å². The Balaban J connectivity index is 2.33. The highest BCUT2D eigenvalue weighted by molar-refractivity contribution is 9.10. The highest BCUT2D eigenvalue weighted by Gasteiger charge is 2.09. The molecule has 1 aromatic carbocycles. The molecule has 2 N–H and O–H groups in total. The van der Waals surface area contributed by atoms with E-state index in [4.69, 9.17) is 10.2 Å². The lowest BCUT2D eigenvalue weighted by molar-refractivity contribution is 0.503. The maximum Gasteiger partial charge on any atom is 0.134 e. The van der Waals surface area contributed by atoms with Crippen LogP contribution in [0.5, 0.6) is 0 Å². The van der Waals surface area contributed by atoms with E-state index >= 15 is 0 Å². The molecule has 90 valence electrons. The van der Waals surface area contributed by atoms with Crippen molar-refractivity contribution in [1.29, 1.82) is 0 Å². The van der Waals surface area contributed by atoms with E-state index in [-0.39, 0.29) is 6.04 Å². The van der Waals surface area contributed by atoms with Crippen molar-refractivity contribution in [3.63, 3.8) is 0 Å². The molecule has 17 heavy (non-hydrogen) atoms. The van der Waals surface area contributed by atoms with E-state index < -0.39 is 0 Å². The summed E-state index contributed by atoms with van der Waals surface area (Å²) >= 11 is 3.48. The van der Waals surface area contributed by atoms with E-state index in [1.54, 1.807) is 0 Å². The summed E-state index contributed by atoms with van der Waals surface area (Å²) in [6.45, 7) is 4.06. The van der Waals surface area contributed by atoms with Crippen LogP contribution >= 0.6 is 15.9 Å². The van der Waals surface area contributed by atoms with Crippen molar-refractivity contribution >= 4 is 15.9 Å². The second kappa shape index (κ2) is 5.07. The van der Waals surface area contributed by atoms with Gasteiger partial charge in [0.15, 0.2) is 0 Å². The number of aryl methyl sites for hydroxylation is 1. The van der Waals surface area contributed by atoms with Crippen LogP contribution in [-0.4, -0.2) is 6.04 Å². The number of benzene rings is 1. The number of rotatable bonds is 3. The van der Waals surface area contributed by atoms with Gasteiger partial charge in [-0.3, -0.25) is 0 Å². The second-order valence-electron chi connectivity index (χ2n) is 4.41. The minimum Gasteiger partial charge on any atom is -0.461 e. The third-order valence-electron chi connectivity index (χ3n) is 2.65. The maximum absolute atomic E-state index is 5.82. The molecule has 0 aliphatic heterocycles. The third-order valence-corrected chi connectivity index (χ3v) is 3.14. The van der Waals surface area contributed by atoms with E-state index in [0.717, 1.165) is 28.0 Å². The van der Waals surface area contributed by atoms with Gasteiger partial charge in [-0.15, -0.1) is 0 Å². The number of furan rings is 1. The van der Waals surface area contributed by atoms with Gasteiger partial charge < -0.3 is 10.2 Å². The minimum atomic E-state index is 0.123. The van der Waals surface area contributed by atoms with E-state index in [9.17, 15) is 0 Å². The minimum absolute atomic E-state index is 0.123. The zero-order chi connectivity index (χ0) is 12.4. The molecule has 0 spiro atoms. The molecule has 0 saturated heterocycles. The first kappa shape index (κ1) is 12.4. The van der Waals surface area contributed by atoms with Gasteiger partial charge in [0, 0.05) is 22.5 Å². The molecule has 0 aliphatic rings. The van der Waals surface area contributed by atoms with E-state index in [2.05, 4.69) is 35.0 Å². The van der Waals surface area contributed by atoms with E-state index in [0.29, 0.717) is 0 Å². The third kappa shape index (κ3) is 2.99. The Bertz CT molecular complexity index is 517. The zero-order valence-corrected chi connectivity index (χ0v) is 11.6. The highest BCUT2D eigenvalue weighted by atomic mass is 79.9. The fourth-order valence-electron chi connectivity index (χ4n) is 1.81. The van der Waals surface area contributed by atoms with Gasteiger partial charge >= 0.3 is 0 Å². The molecule has 0 bridgehead atoms. The lowest BCUT2D eigenvalue weighted by Gasteiger charge is -2.04. The van der Waals surface area contributed by atoms with Crippen molar-refractivity contribution in [2.24, 2.45) is 5.73 Å². The van der Waals surface area contributed by atoms with Gasteiger partial charge in [0.25, 0.3) is 0 Å². The lowest BCUT2D eigenvalue weighted by atomic mass is 10.1. The normalized spacial score (nSPS) is 12.7. The molecule has 0 fully saturated rings. The Kier molecular flexibility index (Phi) is 3.69. The molecular formula is C14H16BrNO. The van der Waals surface area contributed by atoms with Crippen LogP contribution in [0.2, 0.25) is 0 Å². The SMILES string of the molecule is Cc1ccc(Br)cc1-c1ccc(CC(C)N)o1. The van der Waals surface area contributed by atoms with Crippen molar-refractivity contribution in [2.75, 3.05) is 0 Å². The van der Waals surface area contributed by atoms with Gasteiger partial charge in [-0.1, -0.05) is 22.0 Å². The van der Waals surface area contributed by atoms with Crippen molar-refractivity contribution in [3.8, 4) is 11.3 Å². The van der Waals surface area contributed by atoms with Crippen molar-refractivity contribution in [3.05, 3.63) is 46.1 Å². The number of halogens is 1. The lowest BCUT2D eigenvalue weighted by Crippen LogP contribution is -2.17. The molecule has 1 heterocycles. The smallest absolute Gasteiger partial charge is 0.134 e. The molecule has 1 atom stereocenters. The average Bonchev–Trinajstić information content (AvgIpc) is 2.69. The quantitative estimate of drug-likeness (QED) is 0.932. The molecule has 1 unspecified atom stereocenters. The van der Waals surface area contributed by atoms with Crippen LogP contribution in [0.25, 0.3) is 11.3 Å². The van der Waals surface area contributed by atoms with Crippen LogP contribution in [0, 0.1) is 6.92 Å². The molecule has 3 heteroatoms. The fraction of sp³-hybridized carbons (Fsp3) is 0.286. The Labute approximate surface area is 110 Å². The van der Waals surface area contributed by atoms with Gasteiger partial charge in [0.1, 0.15) is 11.5 Å². The summed E-state index contributed by atoms with van der Waals surface area (Å²) in [6, 6.07) is 10.3. The van der Waals surface area contributed by atoms with Crippen molar-refractivity contribution < 1.29 is 4.42 Å². The fourth-order valence-corrected chi connectivity index (χ4v) is 2.17. The summed E-state index contributed by atoms with van der Waals surface area (Å²) in [4.78, 5) is 0. The molecule has 0 radical (unpaired) electrons. The van der Waals surface area contributed by atoms with Gasteiger partial charge in [-0.25, -0.2) is 0 Å². The Morgan fingerprint density at radius 3 is 2.76 bits per heavy atom. The largest absolute Gasteiger partial charge is 0.461 e. The standard InChI is InChI=1S/C14H16BrNO/c1-9-3-4-11(15)8-13(9)14-6-5-12(17-14)7-10(2)16/h3-6,8,10H,7,16H2,1-2H3. The van der Waals surface area contributed by atoms with Crippen LogP contribution in [0.15, 0.2) is 39.2 Å². The van der Waals surface area contributed by atoms with E-state index in [1.165, 1.54) is 5.56 Å². The first-order chi connectivity index (χ1) is 8.06. The van der Waals surface area contributed by atoms with Crippen LogP contribution in [-0.2, 0) is 6.42 Å². The molecule has 2 rings (SSSR count). The Hall–Kier alpha value is -1.06. The summed E-state index contributed by atoms with van der Waals surface area (Å²) in [5.74, 6) is 1.84. The monoisotopic (exact) mass is 293 g/mol. The zero-order valence-electron chi connectivity index (χ0n) is 10.0. The summed E-state index contributed by atoms with van der Waals surface area (Å²) in [5, 5.41) is 0. The number of hydrogen-bond acceptors (Lipinski definition) is 2. The molecule has 0 saturated carbocycles. The van der Waals surface area contributed by atoms with Crippen molar-refractivity contribution in [2.45, 2.75) is 26.3 Å². The van der Waals surface area contributed by atoms with Crippen LogP contribution in [0.1, 0.15) is 18.2 Å². The number of hydrogen-bond donors (Lipinski definition) is 1. The second-order valence-corrected chi connectivity index (χ2v) is 5.32. The van der Waals surface area contributed by atoms with Crippen LogP contribution in [0.3, 0.4) is 0 Å². The molecular weight excluding hydrogens is 278 g/mol. The topological polar surface area (TPSA) is 39.2 Å². The van der Waals surface area contributed by atoms with Crippen molar-refractivity contribution in [1.82, 2.24) is 0 Å². The predicted octanol–water partition coefficient (Wildman–Crippen LogP) is 3.91. The first-order valence-corrected chi connectivity index (χ1v) is 6.46. The Morgan fingerprint density at radius 2 is 2.06 bits per heavy atom. The van der Waals surface area contributed by atoms with E-state index in [1.807, 2.05) is 25.1 Å². The Morgan fingerprint density at radius 1 is 1.29 bits per heavy atom. The van der Waals surface area contributed by atoms with Gasteiger partial charge in [0.05, 0.1) is 0 Å². The molecule has 1 aromatic heterocycles. The average molecular weight is 294 g/mol. The molecule has 2 nitrogen and oxygen atoms in total. The molecule has 2 aromatic rings. The number of nitrogens with two attached hydrogens (primary N) is 1. The molecule has 0 aliphatic carbocycles. The van der Waals surface area contributed by atoms with Gasteiger partial charge in [-0.05, 0) is 43.7 Å². The summed E-state index contributed by atoms with van der Waals surface area (Å²) in [6.07, 6.45) is 0.771.